The fourth-order valence-corrected chi connectivity index (χ4v) is 4.56. The molecule has 0 saturated carbocycles. The maximum Gasteiger partial charge on any atom is 0.325 e. The maximum absolute atomic E-state index is 11.4. The molecule has 0 atom stereocenters. The number of ether oxygens (including phenoxy) is 2. The van der Waals surface area contributed by atoms with Crippen LogP contribution in [0.1, 0.15) is 5.56 Å². The molecule has 4 aromatic carbocycles. The number of para-hydroxylation sites is 1. The number of phenolic OH excluding ortho intramolecular Hbond substituents is 2. The van der Waals surface area contributed by atoms with Crippen LogP contribution in [0.15, 0.2) is 72.9 Å². The highest BCUT2D eigenvalue weighted by Gasteiger charge is 2.22. The number of aromatic nitrogens is 4. The number of benzene rings is 4. The molecule has 2 heterocycles. The Kier molecular flexibility index (Phi) is 6.54. The van der Waals surface area contributed by atoms with Crippen molar-refractivity contribution in [2.24, 2.45) is 0 Å². The molecule has 40 heavy (non-hydrogen) atoms. The number of nitrogens with one attached hydrogen (secondary N) is 2. The third-order valence-corrected chi connectivity index (χ3v) is 6.74. The van der Waals surface area contributed by atoms with Crippen molar-refractivity contribution in [2.75, 3.05) is 12.0 Å². The van der Waals surface area contributed by atoms with Gasteiger partial charge in [0.1, 0.15) is 22.8 Å². The molecule has 0 aliphatic heterocycles. The van der Waals surface area contributed by atoms with E-state index in [1.807, 2.05) is 30.3 Å². The van der Waals surface area contributed by atoms with E-state index in [-0.39, 0.29) is 62.4 Å². The van der Waals surface area contributed by atoms with Gasteiger partial charge in [0.15, 0.2) is 22.7 Å². The van der Waals surface area contributed by atoms with Gasteiger partial charge in [-0.2, -0.15) is 4.98 Å². The van der Waals surface area contributed by atoms with Crippen LogP contribution in [0, 0.1) is 5.41 Å². The van der Waals surface area contributed by atoms with Crippen molar-refractivity contribution in [3.05, 3.63) is 88.8 Å². The number of rotatable bonds is 6. The molecule has 0 bridgehead atoms. The van der Waals surface area contributed by atoms with Crippen LogP contribution in [0.4, 0.5) is 5.69 Å². The largest absolute Gasteiger partial charge is 0.507 e. The van der Waals surface area contributed by atoms with Crippen molar-refractivity contribution in [2.45, 2.75) is 0 Å². The number of aromatic hydroxyl groups is 2. The second-order valence-electron chi connectivity index (χ2n) is 8.53. The Morgan fingerprint density at radius 3 is 2.25 bits per heavy atom. The van der Waals surface area contributed by atoms with Gasteiger partial charge in [0.25, 0.3) is 0 Å². The minimum atomic E-state index is -0.380. The van der Waals surface area contributed by atoms with Gasteiger partial charge in [-0.15, -0.1) is 0 Å². The van der Waals surface area contributed by atoms with Crippen molar-refractivity contribution < 1.29 is 19.7 Å². The van der Waals surface area contributed by atoms with Crippen LogP contribution in [0.25, 0.3) is 32.7 Å². The number of fused-ring (bicyclic) bond motifs is 3. The van der Waals surface area contributed by atoms with Crippen molar-refractivity contribution in [1.29, 1.82) is 5.41 Å². The molecule has 10 nitrogen and oxygen atoms in total. The first-order valence-electron chi connectivity index (χ1n) is 11.8. The predicted octanol–water partition coefficient (Wildman–Crippen LogP) is 6.30. The van der Waals surface area contributed by atoms with Gasteiger partial charge in [-0.25, -0.2) is 15.0 Å². The third kappa shape index (κ3) is 4.59. The standard InChI is InChI=1S/C28H18Cl2N6O4/c29-24-25(30)35-27-19(34-24)12-32-28(36-27)40-26(31)17-10-11-18(33-13-39-14-6-2-1-3-7-14)21-20(17)22(37)15-8-4-5-9-16(15)23(21)38/h1-12,31,33,37-38H,13H2. The fraction of sp³-hybridized carbons (Fsp3) is 0.0357. The molecule has 12 heteroatoms. The van der Waals surface area contributed by atoms with E-state index in [1.165, 1.54) is 6.20 Å². The van der Waals surface area contributed by atoms with E-state index < -0.39 is 0 Å². The third-order valence-electron chi connectivity index (χ3n) is 6.12. The van der Waals surface area contributed by atoms with E-state index in [4.69, 9.17) is 38.1 Å². The van der Waals surface area contributed by atoms with Crippen molar-refractivity contribution in [3.8, 4) is 23.3 Å². The first-order chi connectivity index (χ1) is 19.4. The second-order valence-corrected chi connectivity index (χ2v) is 9.25. The monoisotopic (exact) mass is 572 g/mol. The Balaban J connectivity index is 1.41. The van der Waals surface area contributed by atoms with Crippen molar-refractivity contribution >= 4 is 67.5 Å². The molecular formula is C28H18Cl2N6O4. The minimum absolute atomic E-state index is 0.0102. The molecule has 4 N–H and O–H groups in total. The molecule has 0 fully saturated rings. The number of nitrogens with zero attached hydrogens (tertiary/aromatic N) is 4. The highest BCUT2D eigenvalue weighted by atomic mass is 35.5. The molecule has 0 amide bonds. The average molecular weight is 573 g/mol. The number of halogens is 2. The number of anilines is 1. The fourth-order valence-electron chi connectivity index (χ4n) is 4.31. The summed E-state index contributed by atoms with van der Waals surface area (Å²) < 4.78 is 11.4. The second kappa shape index (κ2) is 10.3. The SMILES string of the molecule is N=C(Oc1ncc2nc(Cl)c(Cl)nc2n1)c1ccc(NCOc2ccccc2)c2c(O)c3ccccc3c(O)c12. The van der Waals surface area contributed by atoms with E-state index in [0.717, 1.165) is 0 Å². The molecule has 0 spiro atoms. The average Bonchev–Trinajstić information content (AvgIpc) is 2.97. The summed E-state index contributed by atoms with van der Waals surface area (Å²) in [6, 6.07) is 19.2. The lowest BCUT2D eigenvalue weighted by Crippen LogP contribution is -2.13. The summed E-state index contributed by atoms with van der Waals surface area (Å²) in [4.78, 5) is 16.4. The van der Waals surface area contributed by atoms with Crippen molar-refractivity contribution in [3.63, 3.8) is 0 Å². The maximum atomic E-state index is 11.4. The Labute approximate surface area is 236 Å². The molecule has 0 unspecified atom stereocenters. The highest BCUT2D eigenvalue weighted by molar-refractivity contribution is 6.40. The smallest absolute Gasteiger partial charge is 0.325 e. The number of hydrogen-bond donors (Lipinski definition) is 4. The van der Waals surface area contributed by atoms with E-state index in [2.05, 4.69) is 25.3 Å². The quantitative estimate of drug-likeness (QED) is 0.0593. The highest BCUT2D eigenvalue weighted by Crippen LogP contribution is 2.46. The van der Waals surface area contributed by atoms with Gasteiger partial charge < -0.3 is 25.0 Å². The summed E-state index contributed by atoms with van der Waals surface area (Å²) in [5.74, 6) is 0.0665. The molecule has 0 saturated heterocycles. The Hall–Kier alpha value is -4.93. The summed E-state index contributed by atoms with van der Waals surface area (Å²) in [6.07, 6.45) is 1.34. The zero-order valence-corrected chi connectivity index (χ0v) is 21.9. The molecular weight excluding hydrogens is 555 g/mol. The molecule has 6 aromatic rings. The zero-order valence-electron chi connectivity index (χ0n) is 20.4. The predicted molar refractivity (Wildman–Crippen MR) is 153 cm³/mol. The van der Waals surface area contributed by atoms with Gasteiger partial charge in [-0.05, 0) is 24.3 Å². The van der Waals surface area contributed by atoms with Gasteiger partial charge in [0, 0.05) is 27.4 Å². The van der Waals surface area contributed by atoms with E-state index in [0.29, 0.717) is 27.7 Å². The number of phenols is 2. The molecule has 0 aliphatic rings. The minimum Gasteiger partial charge on any atom is -0.507 e. The van der Waals surface area contributed by atoms with Gasteiger partial charge in [-0.3, -0.25) is 5.41 Å². The Morgan fingerprint density at radius 1 is 0.825 bits per heavy atom. The van der Waals surface area contributed by atoms with Crippen LogP contribution in [0.3, 0.4) is 0 Å². The lowest BCUT2D eigenvalue weighted by Gasteiger charge is -2.18. The summed E-state index contributed by atoms with van der Waals surface area (Å²) in [7, 11) is 0. The van der Waals surface area contributed by atoms with Crippen LogP contribution >= 0.6 is 23.2 Å². The summed E-state index contributed by atoms with van der Waals surface area (Å²) in [5, 5.41) is 35.8. The zero-order chi connectivity index (χ0) is 27.8. The van der Waals surface area contributed by atoms with E-state index in [9.17, 15) is 10.2 Å². The van der Waals surface area contributed by atoms with E-state index in [1.54, 1.807) is 36.4 Å². The first kappa shape index (κ1) is 25.4. The molecule has 0 radical (unpaired) electrons. The summed E-state index contributed by atoms with van der Waals surface area (Å²) >= 11 is 11.9. The topological polar surface area (TPSA) is 146 Å². The lowest BCUT2D eigenvalue weighted by atomic mass is 9.95. The summed E-state index contributed by atoms with van der Waals surface area (Å²) in [5.41, 5.74) is 1.08. The summed E-state index contributed by atoms with van der Waals surface area (Å²) in [6.45, 7) is 0.0813. The van der Waals surface area contributed by atoms with Gasteiger partial charge >= 0.3 is 6.01 Å². The van der Waals surface area contributed by atoms with Crippen LogP contribution in [-0.4, -0.2) is 42.8 Å². The van der Waals surface area contributed by atoms with Gasteiger partial charge in [-0.1, -0.05) is 65.7 Å². The molecule has 0 aliphatic carbocycles. The van der Waals surface area contributed by atoms with Crippen LogP contribution in [0.5, 0.6) is 23.3 Å². The normalized spacial score (nSPS) is 11.2. The molecule has 198 valence electrons. The van der Waals surface area contributed by atoms with Crippen LogP contribution in [-0.2, 0) is 0 Å². The van der Waals surface area contributed by atoms with Gasteiger partial charge in [0.05, 0.1) is 11.6 Å². The van der Waals surface area contributed by atoms with Crippen LogP contribution < -0.4 is 14.8 Å². The van der Waals surface area contributed by atoms with Crippen molar-refractivity contribution in [1.82, 2.24) is 19.9 Å². The molecule has 6 rings (SSSR count). The lowest BCUT2D eigenvalue weighted by molar-refractivity contribution is 0.347. The first-order valence-corrected chi connectivity index (χ1v) is 12.6. The van der Waals surface area contributed by atoms with Gasteiger partial charge in [0.2, 0.25) is 5.90 Å². The van der Waals surface area contributed by atoms with Crippen LogP contribution in [0.2, 0.25) is 10.3 Å². The Morgan fingerprint density at radius 2 is 1.50 bits per heavy atom. The molecule has 2 aromatic heterocycles. The number of hydrogen-bond acceptors (Lipinski definition) is 10. The van der Waals surface area contributed by atoms with E-state index >= 15 is 0 Å². The Bertz CT molecular complexity index is 1940.